The summed E-state index contributed by atoms with van der Waals surface area (Å²) < 4.78 is 12.8. The Balaban J connectivity index is 1.75. The van der Waals surface area contributed by atoms with E-state index in [2.05, 4.69) is 4.90 Å². The van der Waals surface area contributed by atoms with Gasteiger partial charge in [0.15, 0.2) is 0 Å². The molecule has 2 aromatic rings. The quantitative estimate of drug-likeness (QED) is 0.427. The summed E-state index contributed by atoms with van der Waals surface area (Å²) in [7, 11) is 0. The zero-order valence-corrected chi connectivity index (χ0v) is 21.9. The van der Waals surface area contributed by atoms with E-state index in [-0.39, 0.29) is 16.6 Å². The number of ether oxygens (including phenoxy) is 2. The molecule has 0 aliphatic carbocycles. The number of halogens is 2. The number of rotatable bonds is 9. The van der Waals surface area contributed by atoms with E-state index < -0.39 is 5.60 Å². The van der Waals surface area contributed by atoms with Gasteiger partial charge in [-0.1, -0.05) is 35.3 Å². The maximum atomic E-state index is 12.9. The molecule has 34 heavy (non-hydrogen) atoms. The zero-order valence-electron chi connectivity index (χ0n) is 20.4. The number of likely N-dealkylation sites (tertiary alicyclic amines) is 1. The van der Waals surface area contributed by atoms with Gasteiger partial charge in [-0.25, -0.2) is 4.79 Å². The SMILES string of the molecule is CCOC[C@H]1CCCN1Cc1c(Cl)cc(Cl)c(=O)n1CCc1ccc(C(=O)OC(C)(C)C)cc1. The molecule has 0 saturated carbocycles. The fourth-order valence-corrected chi connectivity index (χ4v) is 4.70. The summed E-state index contributed by atoms with van der Waals surface area (Å²) in [5.74, 6) is -0.355. The highest BCUT2D eigenvalue weighted by molar-refractivity contribution is 6.34. The number of esters is 1. The van der Waals surface area contributed by atoms with E-state index in [1.165, 1.54) is 0 Å². The van der Waals surface area contributed by atoms with Crippen molar-refractivity contribution in [1.29, 1.82) is 0 Å². The highest BCUT2D eigenvalue weighted by atomic mass is 35.5. The van der Waals surface area contributed by atoms with Crippen molar-refractivity contribution >= 4 is 29.2 Å². The first-order chi connectivity index (χ1) is 16.1. The lowest BCUT2D eigenvalue weighted by Gasteiger charge is -2.26. The van der Waals surface area contributed by atoms with Gasteiger partial charge in [0, 0.05) is 25.7 Å². The first kappa shape index (κ1) is 26.7. The number of hydrogen-bond donors (Lipinski definition) is 0. The summed E-state index contributed by atoms with van der Waals surface area (Å²) >= 11 is 12.8. The third kappa shape index (κ3) is 7.08. The van der Waals surface area contributed by atoms with Crippen molar-refractivity contribution in [2.75, 3.05) is 19.8 Å². The molecule has 0 amide bonds. The average molecular weight is 509 g/mol. The van der Waals surface area contributed by atoms with Crippen molar-refractivity contribution < 1.29 is 14.3 Å². The molecule has 8 heteroatoms. The van der Waals surface area contributed by atoms with Crippen molar-refractivity contribution in [1.82, 2.24) is 9.47 Å². The Labute approximate surface area is 211 Å². The molecule has 2 heterocycles. The number of aromatic nitrogens is 1. The lowest BCUT2D eigenvalue weighted by atomic mass is 10.1. The molecule has 1 aromatic carbocycles. The molecule has 1 saturated heterocycles. The van der Waals surface area contributed by atoms with Gasteiger partial charge in [-0.2, -0.15) is 0 Å². The summed E-state index contributed by atoms with van der Waals surface area (Å²) in [4.78, 5) is 27.5. The van der Waals surface area contributed by atoms with Crippen molar-refractivity contribution in [3.63, 3.8) is 0 Å². The number of benzene rings is 1. The molecule has 1 aliphatic rings. The topological polar surface area (TPSA) is 60.8 Å². The van der Waals surface area contributed by atoms with Gasteiger partial charge in [-0.3, -0.25) is 9.69 Å². The highest BCUT2D eigenvalue weighted by Gasteiger charge is 2.27. The van der Waals surface area contributed by atoms with Gasteiger partial charge in [0.25, 0.3) is 5.56 Å². The first-order valence-electron chi connectivity index (χ1n) is 11.8. The number of pyridine rings is 1. The molecule has 6 nitrogen and oxygen atoms in total. The minimum Gasteiger partial charge on any atom is -0.456 e. The van der Waals surface area contributed by atoms with Gasteiger partial charge in [-0.15, -0.1) is 0 Å². The summed E-state index contributed by atoms with van der Waals surface area (Å²) in [6.07, 6.45) is 2.76. The molecular formula is C26H34Cl2N2O4. The number of carbonyl (C=O) groups excluding carboxylic acids is 1. The van der Waals surface area contributed by atoms with E-state index in [1.807, 2.05) is 39.8 Å². The van der Waals surface area contributed by atoms with Crippen LogP contribution < -0.4 is 5.56 Å². The van der Waals surface area contributed by atoms with Crippen LogP contribution in [0.3, 0.4) is 0 Å². The molecule has 0 unspecified atom stereocenters. The highest BCUT2D eigenvalue weighted by Crippen LogP contribution is 2.25. The van der Waals surface area contributed by atoms with E-state index in [0.717, 1.165) is 30.6 Å². The lowest BCUT2D eigenvalue weighted by Crippen LogP contribution is -2.36. The maximum Gasteiger partial charge on any atom is 0.338 e. The third-order valence-corrected chi connectivity index (χ3v) is 6.48. The summed E-state index contributed by atoms with van der Waals surface area (Å²) in [5.41, 5.74) is 1.47. The van der Waals surface area contributed by atoms with Gasteiger partial charge < -0.3 is 14.0 Å². The van der Waals surface area contributed by atoms with Gasteiger partial charge in [0.2, 0.25) is 0 Å². The van der Waals surface area contributed by atoms with Crippen molar-refractivity contribution in [2.24, 2.45) is 0 Å². The number of nitrogens with zero attached hydrogens (tertiary/aromatic N) is 2. The van der Waals surface area contributed by atoms with E-state index in [0.29, 0.717) is 49.4 Å². The standard InChI is InChI=1S/C26H34Cl2N2O4/c1-5-33-17-20-7-6-13-29(20)16-23-21(27)15-22(28)24(31)30(23)14-12-18-8-10-19(11-9-18)25(32)34-26(2,3)4/h8-11,15,20H,5-7,12-14,16-17H2,1-4H3/t20-/m1/s1. The van der Waals surface area contributed by atoms with Crippen LogP contribution in [0, 0.1) is 0 Å². The van der Waals surface area contributed by atoms with Gasteiger partial charge in [0.1, 0.15) is 10.6 Å². The minimum absolute atomic E-state index is 0.112. The average Bonchev–Trinajstić information content (AvgIpc) is 3.21. The predicted molar refractivity (Wildman–Crippen MR) is 136 cm³/mol. The van der Waals surface area contributed by atoms with E-state index in [4.69, 9.17) is 32.7 Å². The predicted octanol–water partition coefficient (Wildman–Crippen LogP) is 5.35. The zero-order chi connectivity index (χ0) is 24.9. The molecular weight excluding hydrogens is 475 g/mol. The fourth-order valence-electron chi connectivity index (χ4n) is 4.16. The summed E-state index contributed by atoms with van der Waals surface area (Å²) in [6, 6.07) is 9.13. The third-order valence-electron chi connectivity index (χ3n) is 5.88. The van der Waals surface area contributed by atoms with Crippen LogP contribution >= 0.6 is 23.2 Å². The Kier molecular flexibility index (Phi) is 9.21. The van der Waals surface area contributed by atoms with Crippen LogP contribution in [0.15, 0.2) is 35.1 Å². The summed E-state index contributed by atoms with van der Waals surface area (Å²) in [5, 5.41) is 0.605. The van der Waals surface area contributed by atoms with Crippen molar-refractivity contribution in [3.05, 3.63) is 67.6 Å². The van der Waals surface area contributed by atoms with Crippen LogP contribution in [0.5, 0.6) is 0 Å². The maximum absolute atomic E-state index is 12.9. The molecule has 1 aromatic heterocycles. The van der Waals surface area contributed by atoms with E-state index >= 15 is 0 Å². The van der Waals surface area contributed by atoms with Crippen LogP contribution in [-0.2, 0) is 29.0 Å². The normalized spacial score (nSPS) is 16.7. The van der Waals surface area contributed by atoms with Crippen LogP contribution in [0.1, 0.15) is 62.2 Å². The van der Waals surface area contributed by atoms with Crippen LogP contribution in [-0.4, -0.2) is 46.8 Å². The smallest absolute Gasteiger partial charge is 0.338 e. The van der Waals surface area contributed by atoms with E-state index in [9.17, 15) is 9.59 Å². The molecule has 3 rings (SSSR count). The second-order valence-electron chi connectivity index (χ2n) is 9.62. The molecule has 1 atom stereocenters. The monoisotopic (exact) mass is 508 g/mol. The molecule has 0 bridgehead atoms. The largest absolute Gasteiger partial charge is 0.456 e. The fraction of sp³-hybridized carbons (Fsp3) is 0.538. The molecule has 0 radical (unpaired) electrons. The van der Waals surface area contributed by atoms with E-state index in [1.54, 1.807) is 22.8 Å². The second kappa shape index (κ2) is 11.7. The number of aryl methyl sites for hydroxylation is 1. The minimum atomic E-state index is -0.545. The first-order valence-corrected chi connectivity index (χ1v) is 12.6. The van der Waals surface area contributed by atoms with Gasteiger partial charge in [0.05, 0.1) is 22.9 Å². The Morgan fingerprint density at radius 1 is 1.15 bits per heavy atom. The molecule has 186 valence electrons. The van der Waals surface area contributed by atoms with Crippen molar-refractivity contribution in [2.45, 2.75) is 71.7 Å². The van der Waals surface area contributed by atoms with Crippen LogP contribution in [0.2, 0.25) is 10.0 Å². The number of hydrogen-bond acceptors (Lipinski definition) is 5. The molecule has 1 fully saturated rings. The second-order valence-corrected chi connectivity index (χ2v) is 10.4. The Morgan fingerprint density at radius 2 is 1.85 bits per heavy atom. The molecule has 1 aliphatic heterocycles. The van der Waals surface area contributed by atoms with Gasteiger partial charge in [-0.05, 0) is 77.3 Å². The molecule has 0 N–H and O–H groups in total. The lowest BCUT2D eigenvalue weighted by molar-refractivity contribution is 0.00695. The van der Waals surface area contributed by atoms with Crippen LogP contribution in [0.4, 0.5) is 0 Å². The van der Waals surface area contributed by atoms with Crippen molar-refractivity contribution in [3.8, 4) is 0 Å². The van der Waals surface area contributed by atoms with Gasteiger partial charge >= 0.3 is 5.97 Å². The molecule has 0 spiro atoms. The Hall–Kier alpha value is -1.86. The van der Waals surface area contributed by atoms with Crippen LogP contribution in [0.25, 0.3) is 0 Å². The number of carbonyl (C=O) groups is 1. The Bertz CT molecular complexity index is 1040. The Morgan fingerprint density at radius 3 is 2.50 bits per heavy atom. The summed E-state index contributed by atoms with van der Waals surface area (Å²) in [6.45, 7) is 10.8.